The zero-order chi connectivity index (χ0) is 37.2. The number of carbonyl (C=O) groups is 6. The van der Waals surface area contributed by atoms with Crippen LogP contribution in [0.1, 0.15) is 81.6 Å². The van der Waals surface area contributed by atoms with Gasteiger partial charge in [0.05, 0.1) is 12.1 Å². The fraction of sp³-hybridized carbons (Fsp3) is 0.710. The van der Waals surface area contributed by atoms with Gasteiger partial charge in [-0.1, -0.05) is 32.9 Å². The number of aliphatic hydroxyl groups is 1. The van der Waals surface area contributed by atoms with Crippen molar-refractivity contribution in [1.82, 2.24) is 26.6 Å². The molecule has 0 heterocycles. The summed E-state index contributed by atoms with van der Waals surface area (Å²) in [6.07, 6.45) is -0.875. The van der Waals surface area contributed by atoms with Gasteiger partial charge in [0.1, 0.15) is 36.4 Å². The number of guanidine groups is 1. The molecule has 5 amide bonds. The van der Waals surface area contributed by atoms with Crippen molar-refractivity contribution in [3.63, 3.8) is 0 Å². The van der Waals surface area contributed by atoms with Gasteiger partial charge in [0.15, 0.2) is 0 Å². The smallest absolute Gasteiger partial charge is 0.414 e. The summed E-state index contributed by atoms with van der Waals surface area (Å²) in [4.78, 5) is 79.3. The summed E-state index contributed by atoms with van der Waals surface area (Å²) in [5, 5.41) is 22.2. The lowest BCUT2D eigenvalue weighted by atomic mass is 9.97. The van der Waals surface area contributed by atoms with Crippen LogP contribution in [0.15, 0.2) is 17.6 Å². The van der Waals surface area contributed by atoms with Crippen LogP contribution in [0.2, 0.25) is 0 Å². The maximum Gasteiger partial charge on any atom is 0.414 e. The van der Waals surface area contributed by atoms with Gasteiger partial charge in [-0.15, -0.1) is 0 Å². The molecule has 8 N–H and O–H groups in total. The molecule has 0 bridgehead atoms. The van der Waals surface area contributed by atoms with Crippen molar-refractivity contribution in [1.29, 1.82) is 0 Å². The van der Waals surface area contributed by atoms with Gasteiger partial charge >= 0.3 is 18.2 Å². The van der Waals surface area contributed by atoms with Gasteiger partial charge in [0.2, 0.25) is 23.7 Å². The number of nitrogens with two attached hydrogens (primary N) is 1. The summed E-state index contributed by atoms with van der Waals surface area (Å²) in [6.45, 7) is 17.7. The molecule has 48 heavy (non-hydrogen) atoms. The van der Waals surface area contributed by atoms with E-state index in [0.717, 1.165) is 0 Å². The monoisotopic (exact) mass is 685 g/mol. The topological polar surface area (TPSA) is 249 Å². The lowest BCUT2D eigenvalue weighted by molar-refractivity contribution is -0.143. The van der Waals surface area contributed by atoms with Gasteiger partial charge in [0.25, 0.3) is 0 Å². The second-order valence-electron chi connectivity index (χ2n) is 13.0. The summed E-state index contributed by atoms with van der Waals surface area (Å²) >= 11 is 0. The molecule has 0 aliphatic heterocycles. The highest BCUT2D eigenvalue weighted by Gasteiger charge is 2.33. The van der Waals surface area contributed by atoms with E-state index in [1.807, 2.05) is 0 Å². The van der Waals surface area contributed by atoms with Crippen molar-refractivity contribution in [2.45, 2.75) is 117 Å². The van der Waals surface area contributed by atoms with E-state index in [1.54, 1.807) is 55.4 Å². The van der Waals surface area contributed by atoms with E-state index in [9.17, 15) is 33.9 Å². The van der Waals surface area contributed by atoms with Crippen LogP contribution in [0.25, 0.3) is 0 Å². The molecule has 5 atom stereocenters. The average Bonchev–Trinajstić information content (AvgIpc) is 2.95. The maximum atomic E-state index is 13.2. The first-order valence-electron chi connectivity index (χ1n) is 15.7. The Bertz CT molecular complexity index is 1110. The Kier molecular flexibility index (Phi) is 19.0. The summed E-state index contributed by atoms with van der Waals surface area (Å²) < 4.78 is 15.2. The summed E-state index contributed by atoms with van der Waals surface area (Å²) in [6, 6.07) is -3.61. The Labute approximate surface area is 282 Å². The molecular formula is C31H55N7O10. The Morgan fingerprint density at radius 2 is 1.40 bits per heavy atom. The summed E-state index contributed by atoms with van der Waals surface area (Å²) in [5.74, 6) is -3.58. The summed E-state index contributed by atoms with van der Waals surface area (Å²) in [7, 11) is 0. The molecule has 0 spiro atoms. The average molecular weight is 686 g/mol. The molecule has 17 heteroatoms. The first-order chi connectivity index (χ1) is 22.1. The van der Waals surface area contributed by atoms with E-state index >= 15 is 0 Å². The van der Waals surface area contributed by atoms with E-state index in [-0.39, 0.29) is 32.0 Å². The minimum Gasteiger partial charge on any atom is -0.460 e. The number of aliphatic hydroxyl groups excluding tert-OH is 1. The van der Waals surface area contributed by atoms with Crippen LogP contribution in [0.4, 0.5) is 9.59 Å². The Morgan fingerprint density at radius 1 is 0.875 bits per heavy atom. The number of amides is 5. The largest absolute Gasteiger partial charge is 0.460 e. The van der Waals surface area contributed by atoms with Crippen molar-refractivity contribution in [2.75, 3.05) is 19.7 Å². The van der Waals surface area contributed by atoms with Crippen LogP contribution in [-0.4, -0.2) is 102 Å². The van der Waals surface area contributed by atoms with Gasteiger partial charge < -0.3 is 41.0 Å². The van der Waals surface area contributed by atoms with Gasteiger partial charge in [-0.25, -0.2) is 9.59 Å². The predicted molar refractivity (Wildman–Crippen MR) is 177 cm³/mol. The van der Waals surface area contributed by atoms with Crippen LogP contribution >= 0.6 is 0 Å². The Balaban J connectivity index is 5.44. The number of ether oxygens (including phenoxy) is 3. The van der Waals surface area contributed by atoms with Crippen LogP contribution < -0.4 is 32.3 Å². The zero-order valence-corrected chi connectivity index (χ0v) is 29.6. The quantitative estimate of drug-likeness (QED) is 0.0298. The lowest BCUT2D eigenvalue weighted by Crippen LogP contribution is -2.60. The van der Waals surface area contributed by atoms with Crippen LogP contribution in [-0.2, 0) is 33.4 Å². The van der Waals surface area contributed by atoms with Crippen LogP contribution in [0, 0.1) is 5.92 Å². The number of aliphatic imine (C=N–C) groups is 1. The van der Waals surface area contributed by atoms with Crippen molar-refractivity contribution in [3.8, 4) is 0 Å². The molecule has 0 radical (unpaired) electrons. The SMILES string of the molecule is C=CCOC(=O)CNC(=O)[C@@H](NC(=O)[C@@H](NC(=O)[C@@H](N)CCCN=C(NC(=O)OC(C)(C)C)NC(=O)OC(C)(C)C)[C@@H](C)CC)[C@H](C)O. The molecule has 0 aliphatic carbocycles. The molecule has 0 aromatic carbocycles. The molecular weight excluding hydrogens is 630 g/mol. The second kappa shape index (κ2) is 20.9. The number of hydrogen-bond acceptors (Lipinski definition) is 12. The normalized spacial score (nSPS) is 14.4. The molecule has 17 nitrogen and oxygen atoms in total. The molecule has 0 aromatic heterocycles. The third kappa shape index (κ3) is 19.4. The summed E-state index contributed by atoms with van der Waals surface area (Å²) in [5.41, 5.74) is 4.48. The molecule has 0 rings (SSSR count). The molecule has 0 unspecified atom stereocenters. The maximum absolute atomic E-state index is 13.2. The van der Waals surface area contributed by atoms with Gasteiger partial charge in [-0.05, 0) is 67.2 Å². The Hall–Kier alpha value is -4.25. The van der Waals surface area contributed by atoms with Crippen molar-refractivity contribution >= 4 is 41.8 Å². The predicted octanol–water partition coefficient (Wildman–Crippen LogP) is 0.741. The highest BCUT2D eigenvalue weighted by atomic mass is 16.6. The van der Waals surface area contributed by atoms with Crippen LogP contribution in [0.5, 0.6) is 0 Å². The number of alkyl carbamates (subject to hydrolysis) is 2. The van der Waals surface area contributed by atoms with E-state index in [1.165, 1.54) is 13.0 Å². The van der Waals surface area contributed by atoms with Gasteiger partial charge in [-0.2, -0.15) is 0 Å². The van der Waals surface area contributed by atoms with Crippen molar-refractivity contribution < 1.29 is 48.1 Å². The fourth-order valence-electron chi connectivity index (χ4n) is 3.63. The number of carbonyl (C=O) groups excluding carboxylic acids is 6. The number of rotatable bonds is 16. The molecule has 0 saturated carbocycles. The second-order valence-corrected chi connectivity index (χ2v) is 13.0. The third-order valence-corrected chi connectivity index (χ3v) is 6.14. The highest BCUT2D eigenvalue weighted by Crippen LogP contribution is 2.11. The minimum absolute atomic E-state index is 0.0312. The standard InChI is InChI=1S/C31H55N7O10/c1-11-16-46-21(40)17-34-25(42)23(19(4)39)36-26(43)22(18(3)12-2)35-24(41)20(32)14-13-15-33-27(37-28(44)47-30(5,6)7)38-29(45)48-31(8,9)10/h11,18-20,22-23,39H,1,12-17,32H2,2-10H3,(H,34,42)(H,35,41)(H,36,43)(H2,33,37,38,44,45)/t18-,19-,20-,22-,23-/m0/s1. The molecule has 274 valence electrons. The number of nitrogens with zero attached hydrogens (tertiary/aromatic N) is 1. The minimum atomic E-state index is -1.43. The lowest BCUT2D eigenvalue weighted by Gasteiger charge is -2.28. The number of hydrogen-bond donors (Lipinski definition) is 7. The molecule has 0 aliphatic rings. The fourth-order valence-corrected chi connectivity index (χ4v) is 3.63. The van der Waals surface area contributed by atoms with Gasteiger partial charge in [0, 0.05) is 6.54 Å². The highest BCUT2D eigenvalue weighted by molar-refractivity contribution is 6.01. The van der Waals surface area contributed by atoms with Crippen molar-refractivity contribution in [3.05, 3.63) is 12.7 Å². The van der Waals surface area contributed by atoms with Gasteiger partial charge in [-0.3, -0.25) is 34.8 Å². The molecule has 0 saturated heterocycles. The number of nitrogens with one attached hydrogen (secondary N) is 5. The van der Waals surface area contributed by atoms with E-state index < -0.39 is 83.8 Å². The zero-order valence-electron chi connectivity index (χ0n) is 29.6. The molecule has 0 fully saturated rings. The van der Waals surface area contributed by atoms with E-state index in [4.69, 9.17) is 19.9 Å². The third-order valence-electron chi connectivity index (χ3n) is 6.14. The van der Waals surface area contributed by atoms with E-state index in [0.29, 0.717) is 6.42 Å². The van der Waals surface area contributed by atoms with E-state index in [2.05, 4.69) is 38.2 Å². The van der Waals surface area contributed by atoms with Crippen molar-refractivity contribution in [2.24, 2.45) is 16.6 Å². The molecule has 0 aromatic rings. The first kappa shape index (κ1) is 43.8. The first-order valence-corrected chi connectivity index (χ1v) is 15.7. The number of esters is 1. The van der Waals surface area contributed by atoms with Crippen LogP contribution in [0.3, 0.4) is 0 Å². The Morgan fingerprint density at radius 3 is 1.85 bits per heavy atom.